The van der Waals surface area contributed by atoms with Crippen molar-refractivity contribution in [2.24, 2.45) is 0 Å². The summed E-state index contributed by atoms with van der Waals surface area (Å²) in [5, 5.41) is 8.43. The minimum atomic E-state index is -4.73. The molecule has 1 amide bonds. The molecule has 1 fully saturated rings. The Morgan fingerprint density at radius 2 is 1.88 bits per heavy atom. The smallest absolute Gasteiger partial charge is 0.421 e. The first kappa shape index (κ1) is 27.1. The van der Waals surface area contributed by atoms with Crippen molar-refractivity contribution >= 4 is 34.7 Å². The molecule has 0 bridgehead atoms. The van der Waals surface area contributed by atoms with Crippen LogP contribution in [-0.2, 0) is 6.18 Å². The van der Waals surface area contributed by atoms with Gasteiger partial charge in [-0.2, -0.15) is 18.2 Å². The molecule has 0 saturated carbocycles. The molecule has 3 N–H and O–H groups in total. The molecule has 208 valence electrons. The third kappa shape index (κ3) is 6.05. The van der Waals surface area contributed by atoms with E-state index in [9.17, 15) is 18.0 Å². The highest BCUT2D eigenvalue weighted by Crippen LogP contribution is 2.37. The van der Waals surface area contributed by atoms with E-state index < -0.39 is 23.5 Å². The molecule has 1 atom stereocenters. The van der Waals surface area contributed by atoms with E-state index in [2.05, 4.69) is 41.6 Å². The number of fused-ring (bicyclic) bond motifs is 1. The first-order valence-corrected chi connectivity index (χ1v) is 12.8. The van der Waals surface area contributed by atoms with Crippen LogP contribution in [0, 0.1) is 12.3 Å². The lowest BCUT2D eigenvalue weighted by Gasteiger charge is -2.35. The number of carbonyl (C=O) groups excluding carboxylic acids is 1. The highest BCUT2D eigenvalue weighted by atomic mass is 19.4. The Bertz CT molecular complexity index is 1410. The summed E-state index contributed by atoms with van der Waals surface area (Å²) < 4.78 is 47.3. The molecule has 12 heteroatoms. The van der Waals surface area contributed by atoms with Gasteiger partial charge in [0.15, 0.2) is 0 Å². The van der Waals surface area contributed by atoms with Gasteiger partial charge < -0.3 is 25.6 Å². The number of nitrogens with one attached hydrogen (secondary N) is 3. The molecule has 9 nitrogen and oxygen atoms in total. The molecular formula is C28H28F3N7O2. The molecule has 40 heavy (non-hydrogen) atoms. The van der Waals surface area contributed by atoms with Crippen molar-refractivity contribution in [3.05, 3.63) is 59.8 Å². The van der Waals surface area contributed by atoms with E-state index in [0.29, 0.717) is 18.4 Å². The van der Waals surface area contributed by atoms with Crippen molar-refractivity contribution in [1.29, 1.82) is 0 Å². The fourth-order valence-electron chi connectivity index (χ4n) is 4.59. The van der Waals surface area contributed by atoms with E-state index in [-0.39, 0.29) is 35.6 Å². The number of ether oxygens (including phenoxy) is 1. The van der Waals surface area contributed by atoms with E-state index >= 15 is 0 Å². The fourth-order valence-corrected chi connectivity index (χ4v) is 4.59. The Morgan fingerprint density at radius 3 is 2.58 bits per heavy atom. The van der Waals surface area contributed by atoms with Crippen LogP contribution in [0.2, 0.25) is 0 Å². The van der Waals surface area contributed by atoms with Gasteiger partial charge in [-0.1, -0.05) is 12.0 Å². The zero-order valence-corrected chi connectivity index (χ0v) is 21.8. The first-order chi connectivity index (χ1) is 19.2. The number of aromatic nitrogens is 2. The van der Waals surface area contributed by atoms with Crippen molar-refractivity contribution in [3.63, 3.8) is 0 Å². The molecule has 1 unspecified atom stereocenters. The van der Waals surface area contributed by atoms with Crippen LogP contribution in [0.5, 0.6) is 5.75 Å². The number of amides is 1. The largest absolute Gasteiger partial charge is 0.491 e. The molecule has 2 aromatic carbocycles. The summed E-state index contributed by atoms with van der Waals surface area (Å²) in [4.78, 5) is 25.3. The SMILES string of the molecule is C#CCN1CCN(c2ccc(Nc3ncc(C(F)(F)F)c(Nc4cccc5c4C(=O)NC(C)CO5)n3)cc2)CC1. The minimum Gasteiger partial charge on any atom is -0.491 e. The molecule has 0 radical (unpaired) electrons. The van der Waals surface area contributed by atoms with Crippen molar-refractivity contribution in [2.45, 2.75) is 19.1 Å². The number of benzene rings is 2. The van der Waals surface area contributed by atoms with E-state index in [1.807, 2.05) is 24.3 Å². The third-order valence-electron chi connectivity index (χ3n) is 6.64. The summed E-state index contributed by atoms with van der Waals surface area (Å²) in [6.45, 7) is 6.07. The number of terminal acetylenes is 1. The molecule has 1 saturated heterocycles. The maximum atomic E-state index is 13.9. The Kier molecular flexibility index (Phi) is 7.66. The summed E-state index contributed by atoms with van der Waals surface area (Å²) >= 11 is 0. The van der Waals surface area contributed by atoms with Crippen LogP contribution >= 0.6 is 0 Å². The van der Waals surface area contributed by atoms with E-state index in [1.165, 1.54) is 6.07 Å². The summed E-state index contributed by atoms with van der Waals surface area (Å²) in [6.07, 6.45) is 1.38. The highest BCUT2D eigenvalue weighted by Gasteiger charge is 2.36. The Hall–Kier alpha value is -4.50. The highest BCUT2D eigenvalue weighted by molar-refractivity contribution is 6.03. The molecular weight excluding hydrogens is 523 g/mol. The zero-order valence-electron chi connectivity index (χ0n) is 21.8. The van der Waals surface area contributed by atoms with E-state index in [4.69, 9.17) is 11.2 Å². The number of nitrogens with zero attached hydrogens (tertiary/aromatic N) is 4. The van der Waals surface area contributed by atoms with Gasteiger partial charge in [0.25, 0.3) is 5.91 Å². The van der Waals surface area contributed by atoms with E-state index in [0.717, 1.165) is 31.9 Å². The third-order valence-corrected chi connectivity index (χ3v) is 6.64. The lowest BCUT2D eigenvalue weighted by molar-refractivity contribution is -0.137. The monoisotopic (exact) mass is 551 g/mol. The second kappa shape index (κ2) is 11.3. The number of halogens is 3. The number of carbonyl (C=O) groups is 1. The van der Waals surface area contributed by atoms with Crippen LogP contribution in [0.4, 0.5) is 42.0 Å². The van der Waals surface area contributed by atoms with Crippen molar-refractivity contribution in [3.8, 4) is 18.1 Å². The number of rotatable bonds is 6. The lowest BCUT2D eigenvalue weighted by atomic mass is 10.1. The van der Waals surface area contributed by atoms with Crippen LogP contribution in [0.25, 0.3) is 0 Å². The van der Waals surface area contributed by atoms with Crippen molar-refractivity contribution < 1.29 is 22.7 Å². The molecule has 2 aliphatic rings. The number of hydrogen-bond acceptors (Lipinski definition) is 8. The first-order valence-electron chi connectivity index (χ1n) is 12.8. The average molecular weight is 552 g/mol. The van der Waals surface area contributed by atoms with Crippen LogP contribution < -0.4 is 25.6 Å². The van der Waals surface area contributed by atoms with Gasteiger partial charge in [-0.15, -0.1) is 6.42 Å². The van der Waals surface area contributed by atoms with Crippen molar-refractivity contribution in [1.82, 2.24) is 20.2 Å². The number of alkyl halides is 3. The van der Waals surface area contributed by atoms with Crippen LogP contribution in [-0.4, -0.2) is 66.1 Å². The van der Waals surface area contributed by atoms with E-state index in [1.54, 1.807) is 19.1 Å². The predicted octanol–water partition coefficient (Wildman–Crippen LogP) is 4.25. The van der Waals surface area contributed by atoms with Crippen LogP contribution in [0.15, 0.2) is 48.7 Å². The van der Waals surface area contributed by atoms with Gasteiger partial charge in [0, 0.05) is 43.8 Å². The lowest BCUT2D eigenvalue weighted by Crippen LogP contribution is -2.46. The average Bonchev–Trinajstić information content (AvgIpc) is 3.07. The Labute approximate surface area is 229 Å². The van der Waals surface area contributed by atoms with Gasteiger partial charge in [-0.05, 0) is 43.3 Å². The topological polar surface area (TPSA) is 94.7 Å². The van der Waals surface area contributed by atoms with Gasteiger partial charge in [0.1, 0.15) is 29.3 Å². The van der Waals surface area contributed by atoms with Gasteiger partial charge >= 0.3 is 6.18 Å². The zero-order chi connectivity index (χ0) is 28.3. The summed E-state index contributed by atoms with van der Waals surface area (Å²) in [6, 6.07) is 11.9. The number of piperazine rings is 1. The molecule has 0 aliphatic carbocycles. The summed E-state index contributed by atoms with van der Waals surface area (Å²) in [5.74, 6) is 1.95. The molecule has 3 heterocycles. The standard InChI is InChI=1S/C28H28F3N7O2/c1-3-11-37-12-14-38(15-13-37)20-9-7-19(8-10-20)34-27-32-16-21(28(29,30)31)25(36-27)35-22-5-4-6-23-24(22)26(39)33-18(2)17-40-23/h1,4-10,16,18H,11-15,17H2,2H3,(H,33,39)(H2,32,34,35,36). The number of anilines is 5. The quantitative estimate of drug-likeness (QED) is 0.392. The Morgan fingerprint density at radius 1 is 1.12 bits per heavy atom. The maximum Gasteiger partial charge on any atom is 0.421 e. The maximum absolute atomic E-state index is 13.9. The second-order valence-electron chi connectivity index (χ2n) is 9.58. The van der Waals surface area contributed by atoms with Gasteiger partial charge in [-0.3, -0.25) is 9.69 Å². The molecule has 5 rings (SSSR count). The van der Waals surface area contributed by atoms with Gasteiger partial charge in [-0.25, -0.2) is 4.98 Å². The normalized spacial score (nSPS) is 17.6. The van der Waals surface area contributed by atoms with Crippen molar-refractivity contribution in [2.75, 3.05) is 54.9 Å². The van der Waals surface area contributed by atoms with Gasteiger partial charge in [0.2, 0.25) is 5.95 Å². The summed E-state index contributed by atoms with van der Waals surface area (Å²) in [7, 11) is 0. The second-order valence-corrected chi connectivity index (χ2v) is 9.58. The predicted molar refractivity (Wildman–Crippen MR) is 146 cm³/mol. The minimum absolute atomic E-state index is 0.0394. The van der Waals surface area contributed by atoms with Crippen LogP contribution in [0.3, 0.4) is 0 Å². The molecule has 2 aliphatic heterocycles. The fraction of sp³-hybridized carbons (Fsp3) is 0.321. The van der Waals surface area contributed by atoms with Crippen LogP contribution in [0.1, 0.15) is 22.8 Å². The molecule has 0 spiro atoms. The molecule has 3 aromatic rings. The summed E-state index contributed by atoms with van der Waals surface area (Å²) in [5.41, 5.74) is 0.796. The van der Waals surface area contributed by atoms with Gasteiger partial charge in [0.05, 0.1) is 18.3 Å². The number of hydrogen-bond donors (Lipinski definition) is 3. The Balaban J connectivity index is 1.36. The molecule has 1 aromatic heterocycles.